The predicted molar refractivity (Wildman–Crippen MR) is 91.5 cm³/mol. The van der Waals surface area contributed by atoms with Crippen molar-refractivity contribution in [2.24, 2.45) is 7.05 Å². The highest BCUT2D eigenvalue weighted by atomic mass is 15.3. The van der Waals surface area contributed by atoms with Gasteiger partial charge in [-0.05, 0) is 12.1 Å². The van der Waals surface area contributed by atoms with Gasteiger partial charge in [0.15, 0.2) is 17.1 Å². The van der Waals surface area contributed by atoms with Crippen LogP contribution in [0.3, 0.4) is 0 Å². The highest BCUT2D eigenvalue weighted by molar-refractivity contribution is 5.79. The molecule has 5 rings (SSSR count). The van der Waals surface area contributed by atoms with Crippen LogP contribution < -0.4 is 5.32 Å². The van der Waals surface area contributed by atoms with Gasteiger partial charge in [0.1, 0.15) is 6.33 Å². The van der Waals surface area contributed by atoms with Crippen LogP contribution in [-0.4, -0.2) is 38.7 Å². The summed E-state index contributed by atoms with van der Waals surface area (Å²) in [6.45, 7) is 0. The van der Waals surface area contributed by atoms with E-state index >= 15 is 0 Å². The fourth-order valence-electron chi connectivity index (χ4n) is 2.85. The Balaban J connectivity index is 1.63. The summed E-state index contributed by atoms with van der Waals surface area (Å²) >= 11 is 0. The highest BCUT2D eigenvalue weighted by Crippen LogP contribution is 2.25. The Morgan fingerprint density at radius 1 is 1.00 bits per heavy atom. The molecule has 0 radical (unpaired) electrons. The zero-order valence-electron chi connectivity index (χ0n) is 13.3. The third-order valence-corrected chi connectivity index (χ3v) is 3.99. The van der Waals surface area contributed by atoms with Gasteiger partial charge in [0, 0.05) is 37.4 Å². The number of rotatable bonds is 3. The van der Waals surface area contributed by atoms with E-state index in [2.05, 4.69) is 30.5 Å². The zero-order valence-corrected chi connectivity index (χ0v) is 13.3. The summed E-state index contributed by atoms with van der Waals surface area (Å²) in [4.78, 5) is 13.2. The molecule has 0 bridgehead atoms. The molecule has 0 saturated carbocycles. The maximum Gasteiger partial charge on any atom is 0.180 e. The number of hydrogen-bond acceptors (Lipinski definition) is 6. The topological polar surface area (TPSA) is 90.2 Å². The van der Waals surface area contributed by atoms with E-state index in [1.54, 1.807) is 15.4 Å². The molecular formula is C16H13N9. The minimum absolute atomic E-state index is 0.647. The molecule has 1 N–H and O–H groups in total. The Morgan fingerprint density at radius 2 is 1.96 bits per heavy atom. The molecule has 0 aliphatic rings. The standard InChI is InChI=1S/C16H13N9/c1-23-9-11(7-20-23)13-8-18-16-14(17-4-6-24(13)16)22-12-3-2-5-25-15(12)19-10-21-25/h2-10H,1H3,(H,17,22). The normalized spacial score (nSPS) is 11.4. The van der Waals surface area contributed by atoms with Gasteiger partial charge in [-0.25, -0.2) is 19.5 Å². The van der Waals surface area contributed by atoms with Crippen LogP contribution in [0.4, 0.5) is 11.5 Å². The van der Waals surface area contributed by atoms with E-state index in [1.807, 2.05) is 54.6 Å². The second kappa shape index (κ2) is 5.13. The van der Waals surface area contributed by atoms with Gasteiger partial charge in [-0.3, -0.25) is 9.08 Å². The number of nitrogens with zero attached hydrogens (tertiary/aromatic N) is 8. The SMILES string of the molecule is Cn1cc(-c2cnc3c(Nc4cccn5ncnc45)nccn23)cn1. The summed E-state index contributed by atoms with van der Waals surface area (Å²) in [6, 6.07) is 3.83. The van der Waals surface area contributed by atoms with Crippen LogP contribution in [0.1, 0.15) is 0 Å². The van der Waals surface area contributed by atoms with Crippen molar-refractivity contribution in [3.05, 3.63) is 55.6 Å². The number of aromatic nitrogens is 8. The van der Waals surface area contributed by atoms with Crippen LogP contribution in [0.5, 0.6) is 0 Å². The van der Waals surface area contributed by atoms with Crippen molar-refractivity contribution >= 4 is 22.8 Å². The van der Waals surface area contributed by atoms with E-state index < -0.39 is 0 Å². The molecular weight excluding hydrogens is 318 g/mol. The molecule has 0 fully saturated rings. The Morgan fingerprint density at radius 3 is 2.84 bits per heavy atom. The van der Waals surface area contributed by atoms with Crippen LogP contribution in [-0.2, 0) is 7.05 Å². The molecule has 0 saturated heterocycles. The molecule has 0 amide bonds. The molecule has 5 aromatic heterocycles. The summed E-state index contributed by atoms with van der Waals surface area (Å²) in [5, 5.41) is 11.7. The largest absolute Gasteiger partial charge is 0.334 e. The average molecular weight is 331 g/mol. The fraction of sp³-hybridized carbons (Fsp3) is 0.0625. The Bertz CT molecular complexity index is 1200. The smallest absolute Gasteiger partial charge is 0.180 e. The lowest BCUT2D eigenvalue weighted by atomic mass is 10.3. The van der Waals surface area contributed by atoms with Crippen molar-refractivity contribution in [2.45, 2.75) is 0 Å². The Labute approximate surface area is 141 Å². The van der Waals surface area contributed by atoms with Gasteiger partial charge in [-0.2, -0.15) is 10.2 Å². The number of fused-ring (bicyclic) bond motifs is 2. The molecule has 5 aromatic rings. The molecule has 0 aliphatic carbocycles. The lowest BCUT2D eigenvalue weighted by molar-refractivity contribution is 0.768. The van der Waals surface area contributed by atoms with Gasteiger partial charge in [0.05, 0.1) is 23.8 Å². The monoisotopic (exact) mass is 331 g/mol. The fourth-order valence-corrected chi connectivity index (χ4v) is 2.85. The molecule has 0 aromatic carbocycles. The van der Waals surface area contributed by atoms with E-state index in [4.69, 9.17) is 0 Å². The van der Waals surface area contributed by atoms with Gasteiger partial charge in [-0.15, -0.1) is 0 Å². The summed E-state index contributed by atoms with van der Waals surface area (Å²) in [5.41, 5.74) is 4.21. The molecule has 5 heterocycles. The van der Waals surface area contributed by atoms with Crippen molar-refractivity contribution < 1.29 is 0 Å². The lowest BCUT2D eigenvalue weighted by Gasteiger charge is -2.08. The third-order valence-electron chi connectivity index (χ3n) is 3.99. The van der Waals surface area contributed by atoms with E-state index in [0.717, 1.165) is 28.2 Å². The first-order valence-electron chi connectivity index (χ1n) is 7.66. The molecule has 0 unspecified atom stereocenters. The number of hydrogen-bond donors (Lipinski definition) is 1. The highest BCUT2D eigenvalue weighted by Gasteiger charge is 2.13. The lowest BCUT2D eigenvalue weighted by Crippen LogP contribution is -2.00. The number of imidazole rings is 1. The van der Waals surface area contributed by atoms with E-state index in [0.29, 0.717) is 5.82 Å². The average Bonchev–Trinajstić information content (AvgIpc) is 3.33. The molecule has 0 aliphatic heterocycles. The first-order chi connectivity index (χ1) is 12.3. The van der Waals surface area contributed by atoms with Gasteiger partial charge in [0.25, 0.3) is 0 Å². The molecule has 9 heteroatoms. The van der Waals surface area contributed by atoms with Crippen molar-refractivity contribution in [1.29, 1.82) is 0 Å². The van der Waals surface area contributed by atoms with Gasteiger partial charge >= 0.3 is 0 Å². The number of anilines is 2. The van der Waals surface area contributed by atoms with Gasteiger partial charge in [-0.1, -0.05) is 0 Å². The van der Waals surface area contributed by atoms with Gasteiger partial charge < -0.3 is 5.32 Å². The van der Waals surface area contributed by atoms with Gasteiger partial charge in [0.2, 0.25) is 0 Å². The third kappa shape index (κ3) is 2.13. The minimum Gasteiger partial charge on any atom is -0.334 e. The van der Waals surface area contributed by atoms with Crippen LogP contribution >= 0.6 is 0 Å². The predicted octanol–water partition coefficient (Wildman–Crippen LogP) is 1.92. The summed E-state index contributed by atoms with van der Waals surface area (Å²) < 4.78 is 5.45. The first kappa shape index (κ1) is 13.7. The second-order valence-corrected chi connectivity index (χ2v) is 5.59. The minimum atomic E-state index is 0.647. The second-order valence-electron chi connectivity index (χ2n) is 5.59. The summed E-state index contributed by atoms with van der Waals surface area (Å²) in [7, 11) is 1.89. The van der Waals surface area contributed by atoms with Crippen molar-refractivity contribution in [3.63, 3.8) is 0 Å². The number of aryl methyl sites for hydroxylation is 1. The Kier molecular flexibility index (Phi) is 2.80. The van der Waals surface area contributed by atoms with Crippen LogP contribution in [0.25, 0.3) is 22.6 Å². The quantitative estimate of drug-likeness (QED) is 0.543. The molecule has 25 heavy (non-hydrogen) atoms. The van der Waals surface area contributed by atoms with Crippen molar-refractivity contribution in [1.82, 2.24) is 38.7 Å². The van der Waals surface area contributed by atoms with Crippen LogP contribution in [0.15, 0.2) is 55.6 Å². The van der Waals surface area contributed by atoms with Crippen LogP contribution in [0, 0.1) is 0 Å². The van der Waals surface area contributed by atoms with E-state index in [9.17, 15) is 0 Å². The maximum atomic E-state index is 4.53. The Hall–Kier alpha value is -3.75. The maximum absolute atomic E-state index is 4.53. The molecule has 9 nitrogen and oxygen atoms in total. The van der Waals surface area contributed by atoms with E-state index in [-0.39, 0.29) is 0 Å². The van der Waals surface area contributed by atoms with Crippen LogP contribution in [0.2, 0.25) is 0 Å². The number of nitrogens with one attached hydrogen (secondary N) is 1. The zero-order chi connectivity index (χ0) is 16.8. The van der Waals surface area contributed by atoms with Crippen molar-refractivity contribution in [2.75, 3.05) is 5.32 Å². The molecule has 0 atom stereocenters. The number of pyridine rings is 1. The van der Waals surface area contributed by atoms with Crippen molar-refractivity contribution in [3.8, 4) is 11.3 Å². The molecule has 0 spiro atoms. The summed E-state index contributed by atoms with van der Waals surface area (Å²) in [6.07, 6.45) is 12.6. The summed E-state index contributed by atoms with van der Waals surface area (Å²) in [5.74, 6) is 0.647. The van der Waals surface area contributed by atoms with E-state index in [1.165, 1.54) is 6.33 Å². The molecule has 122 valence electrons. The first-order valence-corrected chi connectivity index (χ1v) is 7.66.